The minimum absolute atomic E-state index is 0.0576. The van der Waals surface area contributed by atoms with E-state index in [1.807, 2.05) is 4.90 Å². The van der Waals surface area contributed by atoms with E-state index in [1.54, 1.807) is 11.3 Å². The van der Waals surface area contributed by atoms with E-state index in [1.165, 1.54) is 5.00 Å². The Bertz CT molecular complexity index is 449. The number of aliphatic hydroxyl groups excluding tert-OH is 1. The minimum Gasteiger partial charge on any atom is -0.393 e. The van der Waals surface area contributed by atoms with E-state index in [-0.39, 0.29) is 18.2 Å². The lowest BCUT2D eigenvalue weighted by Gasteiger charge is -2.36. The molecule has 2 fully saturated rings. The Kier molecular flexibility index (Phi) is 4.65. The van der Waals surface area contributed by atoms with Crippen LogP contribution in [0.3, 0.4) is 0 Å². The standard InChI is InChI=1S/C15H23N3O2S/c19-13-5-3-12(4-6-13)16-15(20)18-9-7-17(8-10-18)14-2-1-11-21-14/h1-2,11-13,19H,3-10H2,(H,16,20). The topological polar surface area (TPSA) is 55.8 Å². The van der Waals surface area contributed by atoms with Crippen LogP contribution < -0.4 is 10.2 Å². The van der Waals surface area contributed by atoms with E-state index in [4.69, 9.17) is 0 Å². The number of rotatable bonds is 2. The number of urea groups is 1. The quantitative estimate of drug-likeness (QED) is 0.877. The molecule has 2 heterocycles. The molecule has 1 aromatic rings. The molecule has 5 nitrogen and oxygen atoms in total. The van der Waals surface area contributed by atoms with Crippen molar-refractivity contribution in [3.05, 3.63) is 17.5 Å². The van der Waals surface area contributed by atoms with Crippen molar-refractivity contribution in [2.75, 3.05) is 31.1 Å². The van der Waals surface area contributed by atoms with Crippen molar-refractivity contribution in [1.82, 2.24) is 10.2 Å². The third kappa shape index (κ3) is 3.68. The number of amides is 2. The van der Waals surface area contributed by atoms with Crippen molar-refractivity contribution in [3.8, 4) is 0 Å². The molecule has 0 spiro atoms. The summed E-state index contributed by atoms with van der Waals surface area (Å²) in [5, 5.41) is 16.0. The average molecular weight is 309 g/mol. The van der Waals surface area contributed by atoms with Crippen molar-refractivity contribution in [2.24, 2.45) is 0 Å². The first-order valence-electron chi connectivity index (χ1n) is 7.74. The largest absolute Gasteiger partial charge is 0.393 e. The summed E-state index contributed by atoms with van der Waals surface area (Å²) < 4.78 is 0. The van der Waals surface area contributed by atoms with E-state index in [0.29, 0.717) is 0 Å². The van der Waals surface area contributed by atoms with E-state index in [9.17, 15) is 9.90 Å². The second-order valence-electron chi connectivity index (χ2n) is 5.88. The van der Waals surface area contributed by atoms with Crippen LogP contribution >= 0.6 is 11.3 Å². The van der Waals surface area contributed by atoms with Gasteiger partial charge in [0.05, 0.1) is 11.1 Å². The monoisotopic (exact) mass is 309 g/mol. The number of piperazine rings is 1. The van der Waals surface area contributed by atoms with E-state index in [0.717, 1.165) is 51.9 Å². The van der Waals surface area contributed by atoms with Crippen LogP contribution in [0.4, 0.5) is 9.80 Å². The predicted octanol–water partition coefficient (Wildman–Crippen LogP) is 1.88. The number of nitrogens with zero attached hydrogens (tertiary/aromatic N) is 2. The molecule has 6 heteroatoms. The second-order valence-corrected chi connectivity index (χ2v) is 6.81. The third-order valence-corrected chi connectivity index (χ3v) is 5.34. The Morgan fingerprint density at radius 2 is 1.90 bits per heavy atom. The van der Waals surface area contributed by atoms with Gasteiger partial charge >= 0.3 is 6.03 Å². The van der Waals surface area contributed by atoms with Gasteiger partial charge in [0, 0.05) is 32.2 Å². The molecule has 1 saturated carbocycles. The van der Waals surface area contributed by atoms with E-state index in [2.05, 4.69) is 27.7 Å². The summed E-state index contributed by atoms with van der Waals surface area (Å²) in [6.45, 7) is 3.35. The van der Waals surface area contributed by atoms with Gasteiger partial charge in [0.15, 0.2) is 0 Å². The zero-order valence-electron chi connectivity index (χ0n) is 12.2. The molecule has 1 aromatic heterocycles. The van der Waals surface area contributed by atoms with Crippen molar-refractivity contribution in [2.45, 2.75) is 37.8 Å². The Balaban J connectivity index is 1.44. The Morgan fingerprint density at radius 1 is 1.19 bits per heavy atom. The summed E-state index contributed by atoms with van der Waals surface area (Å²) in [4.78, 5) is 16.5. The fourth-order valence-corrected chi connectivity index (χ4v) is 3.85. The van der Waals surface area contributed by atoms with Gasteiger partial charge in [-0.05, 0) is 43.2 Å². The van der Waals surface area contributed by atoms with Crippen LogP contribution in [0.25, 0.3) is 0 Å². The molecule has 1 aliphatic carbocycles. The zero-order valence-corrected chi connectivity index (χ0v) is 13.0. The van der Waals surface area contributed by atoms with Crippen LogP contribution in [-0.4, -0.2) is 54.4 Å². The number of hydrogen-bond donors (Lipinski definition) is 2. The molecule has 21 heavy (non-hydrogen) atoms. The molecule has 1 saturated heterocycles. The number of carbonyl (C=O) groups is 1. The average Bonchev–Trinajstić information content (AvgIpc) is 3.04. The highest BCUT2D eigenvalue weighted by molar-refractivity contribution is 7.14. The van der Waals surface area contributed by atoms with Gasteiger partial charge in [0.25, 0.3) is 0 Å². The van der Waals surface area contributed by atoms with Crippen LogP contribution in [0.1, 0.15) is 25.7 Å². The molecule has 2 aliphatic rings. The fourth-order valence-electron chi connectivity index (χ4n) is 3.07. The van der Waals surface area contributed by atoms with Crippen LogP contribution in [0.5, 0.6) is 0 Å². The summed E-state index contributed by atoms with van der Waals surface area (Å²) in [5.41, 5.74) is 0. The number of thiophene rings is 1. The van der Waals surface area contributed by atoms with Gasteiger partial charge < -0.3 is 20.2 Å². The highest BCUT2D eigenvalue weighted by Crippen LogP contribution is 2.23. The van der Waals surface area contributed by atoms with Gasteiger partial charge in [-0.2, -0.15) is 0 Å². The number of anilines is 1. The Hall–Kier alpha value is -1.27. The summed E-state index contributed by atoms with van der Waals surface area (Å²) in [6.07, 6.45) is 3.21. The smallest absolute Gasteiger partial charge is 0.317 e. The first kappa shape index (κ1) is 14.7. The minimum atomic E-state index is -0.174. The number of hydrogen-bond acceptors (Lipinski definition) is 4. The lowest BCUT2D eigenvalue weighted by molar-refractivity contribution is 0.115. The van der Waals surface area contributed by atoms with Gasteiger partial charge in [0.1, 0.15) is 0 Å². The van der Waals surface area contributed by atoms with Crippen LogP contribution in [0, 0.1) is 0 Å². The third-order valence-electron chi connectivity index (χ3n) is 4.41. The first-order valence-corrected chi connectivity index (χ1v) is 8.62. The molecule has 2 amide bonds. The summed E-state index contributed by atoms with van der Waals surface area (Å²) >= 11 is 1.75. The molecule has 2 N–H and O–H groups in total. The van der Waals surface area contributed by atoms with Crippen molar-refractivity contribution in [1.29, 1.82) is 0 Å². The van der Waals surface area contributed by atoms with Gasteiger partial charge in [0.2, 0.25) is 0 Å². The molecule has 3 rings (SSSR count). The molecule has 0 atom stereocenters. The zero-order chi connectivity index (χ0) is 14.7. The van der Waals surface area contributed by atoms with E-state index < -0.39 is 0 Å². The summed E-state index contributed by atoms with van der Waals surface area (Å²) in [5.74, 6) is 0. The highest BCUT2D eigenvalue weighted by atomic mass is 32.1. The molecule has 116 valence electrons. The SMILES string of the molecule is O=C(NC1CCC(O)CC1)N1CCN(c2cccs2)CC1. The molecule has 1 aliphatic heterocycles. The molecule has 0 bridgehead atoms. The van der Waals surface area contributed by atoms with E-state index >= 15 is 0 Å². The Morgan fingerprint density at radius 3 is 2.52 bits per heavy atom. The molecule has 0 radical (unpaired) electrons. The molecular weight excluding hydrogens is 286 g/mol. The van der Waals surface area contributed by atoms with Gasteiger partial charge in [-0.25, -0.2) is 4.79 Å². The van der Waals surface area contributed by atoms with Gasteiger partial charge in [-0.3, -0.25) is 0 Å². The maximum Gasteiger partial charge on any atom is 0.317 e. The predicted molar refractivity (Wildman–Crippen MR) is 84.9 cm³/mol. The molecule has 0 aromatic carbocycles. The Labute approximate surface area is 129 Å². The maximum absolute atomic E-state index is 12.3. The van der Waals surface area contributed by atoms with Crippen LogP contribution in [0.2, 0.25) is 0 Å². The van der Waals surface area contributed by atoms with Crippen LogP contribution in [-0.2, 0) is 0 Å². The molecule has 0 unspecified atom stereocenters. The van der Waals surface area contributed by atoms with Crippen molar-refractivity contribution < 1.29 is 9.90 Å². The first-order chi connectivity index (χ1) is 10.2. The fraction of sp³-hybridized carbons (Fsp3) is 0.667. The number of carbonyl (C=O) groups excluding carboxylic acids is 1. The lowest BCUT2D eigenvalue weighted by atomic mass is 9.93. The lowest BCUT2D eigenvalue weighted by Crippen LogP contribution is -2.53. The number of nitrogens with one attached hydrogen (secondary N) is 1. The maximum atomic E-state index is 12.3. The van der Waals surface area contributed by atoms with Crippen molar-refractivity contribution in [3.63, 3.8) is 0 Å². The second kappa shape index (κ2) is 6.66. The summed E-state index contributed by atoms with van der Waals surface area (Å²) in [7, 11) is 0. The number of aliphatic hydroxyl groups is 1. The van der Waals surface area contributed by atoms with Crippen molar-refractivity contribution >= 4 is 22.4 Å². The van der Waals surface area contributed by atoms with Gasteiger partial charge in [-0.1, -0.05) is 0 Å². The normalized spacial score (nSPS) is 26.7. The molecular formula is C15H23N3O2S. The highest BCUT2D eigenvalue weighted by Gasteiger charge is 2.25. The van der Waals surface area contributed by atoms with Crippen LogP contribution in [0.15, 0.2) is 17.5 Å². The van der Waals surface area contributed by atoms with Gasteiger partial charge in [-0.15, -0.1) is 11.3 Å². The summed E-state index contributed by atoms with van der Waals surface area (Å²) in [6, 6.07) is 4.49.